The van der Waals surface area contributed by atoms with Gasteiger partial charge in [-0.05, 0) is 73.9 Å². The highest BCUT2D eigenvalue weighted by Gasteiger charge is 2.48. The second-order valence-electron chi connectivity index (χ2n) is 10.4. The molecule has 2 N–H and O–H groups in total. The molecule has 4 aliphatic rings. The summed E-state index contributed by atoms with van der Waals surface area (Å²) in [4.78, 5) is 15.5. The van der Waals surface area contributed by atoms with Crippen LogP contribution in [0.4, 0.5) is 4.79 Å². The van der Waals surface area contributed by atoms with Crippen LogP contribution in [0.25, 0.3) is 11.1 Å². The summed E-state index contributed by atoms with van der Waals surface area (Å²) in [7, 11) is 1.68. The number of carbonyl (C=O) groups is 1. The van der Waals surface area contributed by atoms with Crippen LogP contribution in [0.5, 0.6) is 0 Å². The largest absolute Gasteiger partial charge is 0.382 e. The second-order valence-corrected chi connectivity index (χ2v) is 10.4. The van der Waals surface area contributed by atoms with Crippen molar-refractivity contribution in [1.29, 1.82) is 0 Å². The van der Waals surface area contributed by atoms with Crippen LogP contribution in [-0.2, 0) is 21.6 Å². The first-order valence-electron chi connectivity index (χ1n) is 12.6. The molecule has 2 amide bonds. The van der Waals surface area contributed by atoms with Crippen molar-refractivity contribution in [2.45, 2.75) is 50.3 Å². The summed E-state index contributed by atoms with van der Waals surface area (Å²) in [6.45, 7) is 7.33. The standard InChI is InChI=1S/C28H37N3O3/c1-27(20-31-15-11-24(27)12-16-31)29-26(32)30-28(13-14-28)25-9-7-23(8-10-25)22-5-3-21(4-6-22)19-34-18-17-33-2/h3-10,24H,11-20H2,1-2H3,(H2,29,30,32)/t27-/m1/s1. The normalized spacial score (nSPS) is 26.8. The zero-order valence-corrected chi connectivity index (χ0v) is 20.4. The first kappa shape index (κ1) is 23.3. The van der Waals surface area contributed by atoms with Crippen LogP contribution in [0.15, 0.2) is 48.5 Å². The molecular formula is C28H37N3O3. The molecule has 34 heavy (non-hydrogen) atoms. The van der Waals surface area contributed by atoms with Crippen LogP contribution < -0.4 is 10.6 Å². The van der Waals surface area contributed by atoms with Crippen molar-refractivity contribution < 1.29 is 14.3 Å². The number of nitrogens with one attached hydrogen (secondary N) is 2. The molecule has 1 atom stereocenters. The van der Waals surface area contributed by atoms with Gasteiger partial charge in [0, 0.05) is 13.7 Å². The van der Waals surface area contributed by atoms with Crippen molar-refractivity contribution in [3.8, 4) is 11.1 Å². The van der Waals surface area contributed by atoms with E-state index in [2.05, 4.69) is 71.0 Å². The Balaban J connectivity index is 1.18. The quantitative estimate of drug-likeness (QED) is 0.545. The van der Waals surface area contributed by atoms with Crippen LogP contribution in [0.3, 0.4) is 0 Å². The molecule has 2 bridgehead atoms. The zero-order chi connectivity index (χ0) is 23.6. The lowest BCUT2D eigenvalue weighted by Crippen LogP contribution is -2.66. The van der Waals surface area contributed by atoms with Crippen LogP contribution in [0.1, 0.15) is 43.7 Å². The number of rotatable bonds is 9. The molecule has 4 fully saturated rings. The number of fused-ring (bicyclic) bond motifs is 3. The highest BCUT2D eigenvalue weighted by atomic mass is 16.5. The second kappa shape index (κ2) is 9.68. The number of carbonyl (C=O) groups excluding carboxylic acids is 1. The molecule has 6 nitrogen and oxygen atoms in total. The summed E-state index contributed by atoms with van der Waals surface area (Å²) in [5.41, 5.74) is 4.35. The summed E-state index contributed by atoms with van der Waals surface area (Å²) < 4.78 is 10.6. The topological polar surface area (TPSA) is 62.8 Å². The molecule has 1 aliphatic carbocycles. The third kappa shape index (κ3) is 4.99. The third-order valence-electron chi connectivity index (χ3n) is 7.97. The minimum Gasteiger partial charge on any atom is -0.382 e. The van der Waals surface area contributed by atoms with Gasteiger partial charge in [0.2, 0.25) is 0 Å². The number of benzene rings is 2. The van der Waals surface area contributed by atoms with E-state index in [1.807, 2.05) is 0 Å². The number of methoxy groups -OCH3 is 1. The molecule has 6 rings (SSSR count). The van der Waals surface area contributed by atoms with Gasteiger partial charge >= 0.3 is 6.03 Å². The van der Waals surface area contributed by atoms with Gasteiger partial charge < -0.3 is 25.0 Å². The molecule has 2 aromatic rings. The van der Waals surface area contributed by atoms with E-state index in [-0.39, 0.29) is 17.1 Å². The Bertz CT molecular complexity index is 979. The zero-order valence-electron chi connectivity index (χ0n) is 20.4. The van der Waals surface area contributed by atoms with Crippen molar-refractivity contribution in [3.63, 3.8) is 0 Å². The maximum atomic E-state index is 13.0. The van der Waals surface area contributed by atoms with Gasteiger partial charge in [-0.1, -0.05) is 48.5 Å². The molecule has 3 heterocycles. The summed E-state index contributed by atoms with van der Waals surface area (Å²) in [5, 5.41) is 6.67. The lowest BCUT2D eigenvalue weighted by atomic mass is 9.74. The van der Waals surface area contributed by atoms with E-state index in [0.29, 0.717) is 25.7 Å². The van der Waals surface area contributed by atoms with Crippen LogP contribution in [-0.4, -0.2) is 56.4 Å². The maximum Gasteiger partial charge on any atom is 0.315 e. The first-order valence-corrected chi connectivity index (χ1v) is 12.6. The van der Waals surface area contributed by atoms with Gasteiger partial charge in [-0.3, -0.25) is 0 Å². The van der Waals surface area contributed by atoms with E-state index < -0.39 is 0 Å². The monoisotopic (exact) mass is 463 g/mol. The van der Waals surface area contributed by atoms with Gasteiger partial charge in [-0.2, -0.15) is 0 Å². The number of nitrogens with zero attached hydrogens (tertiary/aromatic N) is 1. The molecule has 0 aromatic heterocycles. The van der Waals surface area contributed by atoms with Crippen LogP contribution in [0, 0.1) is 5.92 Å². The first-order chi connectivity index (χ1) is 16.5. The highest BCUT2D eigenvalue weighted by molar-refractivity contribution is 5.77. The van der Waals surface area contributed by atoms with E-state index >= 15 is 0 Å². The Hall–Kier alpha value is -2.41. The van der Waals surface area contributed by atoms with Gasteiger partial charge in [0.1, 0.15) is 0 Å². The molecule has 0 radical (unpaired) electrons. The summed E-state index contributed by atoms with van der Waals surface area (Å²) in [6, 6.07) is 17.1. The van der Waals surface area contributed by atoms with Gasteiger partial charge in [0.05, 0.1) is 30.9 Å². The SMILES string of the molecule is COCCOCc1ccc(-c2ccc(C3(NC(=O)N[C@]4(C)CN5CCC4CC5)CC3)cc2)cc1. The van der Waals surface area contributed by atoms with E-state index in [4.69, 9.17) is 9.47 Å². The summed E-state index contributed by atoms with van der Waals surface area (Å²) in [6.07, 6.45) is 4.35. The van der Waals surface area contributed by atoms with Crippen molar-refractivity contribution >= 4 is 6.03 Å². The lowest BCUT2D eigenvalue weighted by Gasteiger charge is -2.52. The number of hydrogen-bond donors (Lipinski definition) is 2. The molecule has 3 saturated heterocycles. The van der Waals surface area contributed by atoms with Crippen LogP contribution in [0.2, 0.25) is 0 Å². The number of piperidine rings is 3. The van der Waals surface area contributed by atoms with E-state index in [1.54, 1.807) is 7.11 Å². The van der Waals surface area contributed by atoms with Gasteiger partial charge in [-0.15, -0.1) is 0 Å². The molecule has 2 aromatic carbocycles. The predicted octanol–water partition coefficient (Wildman–Crippen LogP) is 4.29. The van der Waals surface area contributed by atoms with Gasteiger partial charge in [0.25, 0.3) is 0 Å². The van der Waals surface area contributed by atoms with Crippen molar-refractivity contribution in [2.24, 2.45) is 5.92 Å². The Kier molecular flexibility index (Phi) is 6.65. The minimum atomic E-state index is -0.226. The Morgan fingerprint density at radius 2 is 1.62 bits per heavy atom. The molecule has 182 valence electrons. The fourth-order valence-electron chi connectivity index (χ4n) is 5.69. The van der Waals surface area contributed by atoms with E-state index in [9.17, 15) is 4.79 Å². The summed E-state index contributed by atoms with van der Waals surface area (Å²) in [5.74, 6) is 0.584. The Morgan fingerprint density at radius 1 is 0.971 bits per heavy atom. The van der Waals surface area contributed by atoms with E-state index in [0.717, 1.165) is 24.9 Å². The van der Waals surface area contributed by atoms with Crippen molar-refractivity contribution in [2.75, 3.05) is 40.0 Å². The third-order valence-corrected chi connectivity index (χ3v) is 7.97. The van der Waals surface area contributed by atoms with E-state index in [1.165, 1.54) is 42.6 Å². The maximum absolute atomic E-state index is 13.0. The smallest absolute Gasteiger partial charge is 0.315 e. The average Bonchev–Trinajstić information content (AvgIpc) is 3.63. The summed E-state index contributed by atoms with van der Waals surface area (Å²) >= 11 is 0. The van der Waals surface area contributed by atoms with Gasteiger partial charge in [-0.25, -0.2) is 4.79 Å². The predicted molar refractivity (Wildman–Crippen MR) is 134 cm³/mol. The van der Waals surface area contributed by atoms with Gasteiger partial charge in [0.15, 0.2) is 0 Å². The van der Waals surface area contributed by atoms with Crippen LogP contribution >= 0.6 is 0 Å². The molecular weight excluding hydrogens is 426 g/mol. The molecule has 0 unspecified atom stereocenters. The Morgan fingerprint density at radius 3 is 2.18 bits per heavy atom. The average molecular weight is 464 g/mol. The number of hydrogen-bond acceptors (Lipinski definition) is 4. The number of amides is 2. The minimum absolute atomic E-state index is 0.0267. The number of ether oxygens (including phenoxy) is 2. The fraction of sp³-hybridized carbons (Fsp3) is 0.536. The Labute approximate surface area is 203 Å². The molecule has 6 heteroatoms. The van der Waals surface area contributed by atoms with Crippen molar-refractivity contribution in [3.05, 3.63) is 59.7 Å². The lowest BCUT2D eigenvalue weighted by molar-refractivity contribution is 0.0226. The molecule has 3 aliphatic heterocycles. The molecule has 0 spiro atoms. The van der Waals surface area contributed by atoms with Crippen molar-refractivity contribution in [1.82, 2.24) is 15.5 Å². The molecule has 1 saturated carbocycles. The highest BCUT2D eigenvalue weighted by Crippen LogP contribution is 2.46. The fourth-order valence-corrected chi connectivity index (χ4v) is 5.69. The number of urea groups is 1.